The number of carbonyl (C=O) groups is 1. The first-order chi connectivity index (χ1) is 9.34. The molecule has 0 spiro atoms. The maximum absolute atomic E-state index is 13.5. The van der Waals surface area contributed by atoms with Gasteiger partial charge in [-0.2, -0.15) is 0 Å². The van der Waals surface area contributed by atoms with Crippen LogP contribution in [-0.4, -0.2) is 20.7 Å². The summed E-state index contributed by atoms with van der Waals surface area (Å²) in [5.74, 6) is -2.33. The fourth-order valence-electron chi connectivity index (χ4n) is 2.93. The number of hydrogen-bond donors (Lipinski definition) is 2. The number of hydrogen-bond acceptors (Lipinski definition) is 2. The van der Waals surface area contributed by atoms with Gasteiger partial charge in [0.25, 0.3) is 0 Å². The Kier molecular flexibility index (Phi) is 2.92. The van der Waals surface area contributed by atoms with Crippen LogP contribution in [0.15, 0.2) is 22.7 Å². The number of halogens is 2. The van der Waals surface area contributed by atoms with Gasteiger partial charge < -0.3 is 14.8 Å². The molecule has 6 heteroatoms. The molecule has 2 unspecified atom stereocenters. The number of nitrogens with zero attached hydrogens (tertiary/aromatic N) is 1. The molecule has 0 saturated carbocycles. The Morgan fingerprint density at radius 3 is 2.85 bits per heavy atom. The molecule has 1 aromatic carbocycles. The van der Waals surface area contributed by atoms with Crippen LogP contribution < -0.4 is 0 Å². The fraction of sp³-hybridized carbons (Fsp3) is 0.357. The minimum Gasteiger partial charge on any atom is -0.481 e. The zero-order valence-corrected chi connectivity index (χ0v) is 12.3. The molecule has 2 heterocycles. The van der Waals surface area contributed by atoms with Crippen molar-refractivity contribution in [3.63, 3.8) is 0 Å². The van der Waals surface area contributed by atoms with E-state index in [9.17, 15) is 14.3 Å². The monoisotopic (exact) mass is 341 g/mol. The van der Waals surface area contributed by atoms with Crippen molar-refractivity contribution in [3.05, 3.63) is 34.2 Å². The molecule has 0 bridgehead atoms. The molecule has 2 aromatic rings. The molecule has 0 fully saturated rings. The van der Waals surface area contributed by atoms with Gasteiger partial charge in [-0.15, -0.1) is 0 Å². The van der Waals surface area contributed by atoms with Crippen LogP contribution in [-0.2, 0) is 16.9 Å². The second kappa shape index (κ2) is 4.30. The smallest absolute Gasteiger partial charge is 0.309 e. The van der Waals surface area contributed by atoms with E-state index < -0.39 is 17.5 Å². The lowest BCUT2D eigenvalue weighted by molar-refractivity contribution is -0.151. The molecule has 1 aliphatic rings. The Labute approximate surface area is 122 Å². The molecule has 3 rings (SSSR count). The average Bonchev–Trinajstić information content (AvgIpc) is 2.89. The van der Waals surface area contributed by atoms with Crippen LogP contribution in [0.2, 0.25) is 0 Å². The summed E-state index contributed by atoms with van der Waals surface area (Å²) in [4.78, 5) is 11.2. The molecule has 2 N–H and O–H groups in total. The molecule has 0 radical (unpaired) electrons. The molecule has 1 aromatic heterocycles. The first-order valence-corrected chi connectivity index (χ1v) is 7.08. The first kappa shape index (κ1) is 13.6. The number of fused-ring (bicyclic) bond motifs is 3. The predicted octanol–water partition coefficient (Wildman–Crippen LogP) is 2.85. The molecule has 1 aliphatic heterocycles. The highest BCUT2D eigenvalue weighted by atomic mass is 79.9. The number of benzene rings is 1. The first-order valence-electron chi connectivity index (χ1n) is 6.28. The minimum absolute atomic E-state index is 0.319. The van der Waals surface area contributed by atoms with Gasteiger partial charge in [-0.05, 0) is 41.1 Å². The lowest BCUT2D eigenvalue weighted by Crippen LogP contribution is -2.36. The van der Waals surface area contributed by atoms with E-state index in [1.165, 1.54) is 19.1 Å². The van der Waals surface area contributed by atoms with E-state index in [1.807, 2.05) is 0 Å². The molecular weight excluding hydrogens is 329 g/mol. The van der Waals surface area contributed by atoms with Crippen molar-refractivity contribution < 1.29 is 19.4 Å². The van der Waals surface area contributed by atoms with Crippen LogP contribution in [0.5, 0.6) is 0 Å². The number of rotatable bonds is 2. The lowest BCUT2D eigenvalue weighted by atomic mass is 9.85. The summed E-state index contributed by atoms with van der Waals surface area (Å²) in [6.45, 7) is 1.97. The Bertz CT molecular complexity index is 727. The van der Waals surface area contributed by atoms with Crippen LogP contribution in [0.25, 0.3) is 10.9 Å². The highest BCUT2D eigenvalue weighted by Crippen LogP contribution is 2.43. The number of carboxylic acid groups (broad SMARTS) is 1. The van der Waals surface area contributed by atoms with Crippen molar-refractivity contribution in [3.8, 4) is 0 Å². The van der Waals surface area contributed by atoms with Gasteiger partial charge in [0.2, 0.25) is 0 Å². The topological polar surface area (TPSA) is 62.5 Å². The van der Waals surface area contributed by atoms with Crippen LogP contribution in [0.4, 0.5) is 4.39 Å². The molecule has 0 amide bonds. The van der Waals surface area contributed by atoms with Crippen molar-refractivity contribution >= 4 is 32.8 Å². The molecule has 4 nitrogen and oxygen atoms in total. The van der Waals surface area contributed by atoms with Crippen molar-refractivity contribution in [2.24, 2.45) is 5.92 Å². The molecular formula is C14H13BrFNO3. The van der Waals surface area contributed by atoms with E-state index in [2.05, 4.69) is 15.9 Å². The van der Waals surface area contributed by atoms with E-state index in [1.54, 1.807) is 10.6 Å². The summed E-state index contributed by atoms with van der Waals surface area (Å²) in [6.07, 6.45) is 0.319. The predicted molar refractivity (Wildman–Crippen MR) is 74.9 cm³/mol. The Morgan fingerprint density at radius 1 is 1.50 bits per heavy atom. The molecule has 0 saturated heterocycles. The van der Waals surface area contributed by atoms with Crippen molar-refractivity contribution in [1.82, 2.24) is 4.57 Å². The van der Waals surface area contributed by atoms with Crippen molar-refractivity contribution in [2.75, 3.05) is 0 Å². The summed E-state index contributed by atoms with van der Waals surface area (Å²) in [6, 6.07) is 4.50. The summed E-state index contributed by atoms with van der Waals surface area (Å²) in [5, 5.41) is 20.7. The standard InChI is InChI=1S/C14H13BrFNO3/c1-7(13(18)19)14(20)2-3-17-11-5-8(16)4-10(15)9(11)6-12(14)17/h4-7,20H,2-3H2,1H3,(H,18,19). The van der Waals surface area contributed by atoms with Gasteiger partial charge in [0, 0.05) is 22.8 Å². The van der Waals surface area contributed by atoms with Crippen LogP contribution >= 0.6 is 15.9 Å². The van der Waals surface area contributed by atoms with Gasteiger partial charge in [-0.1, -0.05) is 0 Å². The Hall–Kier alpha value is -1.40. The number of aromatic nitrogens is 1. The lowest BCUT2D eigenvalue weighted by Gasteiger charge is -2.26. The number of aliphatic carboxylic acids is 1. The van der Waals surface area contributed by atoms with Crippen molar-refractivity contribution in [2.45, 2.75) is 25.5 Å². The van der Waals surface area contributed by atoms with Gasteiger partial charge in [0.1, 0.15) is 11.4 Å². The number of aryl methyl sites for hydroxylation is 1. The number of aliphatic hydroxyl groups is 1. The Morgan fingerprint density at radius 2 is 2.20 bits per heavy atom. The summed E-state index contributed by atoms with van der Waals surface area (Å²) < 4.78 is 15.9. The largest absolute Gasteiger partial charge is 0.481 e. The highest BCUT2D eigenvalue weighted by molar-refractivity contribution is 9.10. The fourth-order valence-corrected chi connectivity index (χ4v) is 3.47. The van der Waals surface area contributed by atoms with Gasteiger partial charge in [-0.3, -0.25) is 4.79 Å². The maximum atomic E-state index is 13.5. The van der Waals surface area contributed by atoms with E-state index in [0.29, 0.717) is 28.6 Å². The Balaban J connectivity index is 2.25. The van der Waals surface area contributed by atoms with Crippen LogP contribution in [0.1, 0.15) is 19.0 Å². The van der Waals surface area contributed by atoms with Gasteiger partial charge >= 0.3 is 5.97 Å². The third-order valence-electron chi connectivity index (χ3n) is 4.18. The van der Waals surface area contributed by atoms with Gasteiger partial charge in [0.05, 0.1) is 17.1 Å². The van der Waals surface area contributed by atoms with Gasteiger partial charge in [-0.25, -0.2) is 4.39 Å². The van der Waals surface area contributed by atoms with Gasteiger partial charge in [0.15, 0.2) is 0 Å². The normalized spacial score (nSPS) is 23.0. The van der Waals surface area contributed by atoms with Crippen molar-refractivity contribution in [1.29, 1.82) is 0 Å². The molecule has 106 valence electrons. The SMILES string of the molecule is CC(C(=O)O)C1(O)CCn2c1cc1c(Br)cc(F)cc12. The summed E-state index contributed by atoms with van der Waals surface area (Å²) in [5.41, 5.74) is -0.213. The molecule has 2 atom stereocenters. The zero-order chi connectivity index (χ0) is 14.7. The third-order valence-corrected chi connectivity index (χ3v) is 4.84. The quantitative estimate of drug-likeness (QED) is 0.882. The van der Waals surface area contributed by atoms with E-state index in [-0.39, 0.29) is 5.82 Å². The zero-order valence-electron chi connectivity index (χ0n) is 10.7. The average molecular weight is 342 g/mol. The molecule has 20 heavy (non-hydrogen) atoms. The molecule has 0 aliphatic carbocycles. The van der Waals surface area contributed by atoms with E-state index in [4.69, 9.17) is 5.11 Å². The van der Waals surface area contributed by atoms with Crippen LogP contribution in [0.3, 0.4) is 0 Å². The third kappa shape index (κ3) is 1.71. The van der Waals surface area contributed by atoms with Crippen LogP contribution in [0, 0.1) is 11.7 Å². The highest BCUT2D eigenvalue weighted by Gasteiger charge is 2.46. The number of carboxylic acids is 1. The maximum Gasteiger partial charge on any atom is 0.309 e. The van der Waals surface area contributed by atoms with E-state index in [0.717, 1.165) is 5.39 Å². The summed E-state index contributed by atoms with van der Waals surface area (Å²) >= 11 is 3.30. The second-order valence-electron chi connectivity index (χ2n) is 5.24. The second-order valence-corrected chi connectivity index (χ2v) is 6.09. The van der Waals surface area contributed by atoms with E-state index >= 15 is 0 Å². The minimum atomic E-state index is -1.42. The summed E-state index contributed by atoms with van der Waals surface area (Å²) in [7, 11) is 0.